The fourth-order valence-corrected chi connectivity index (χ4v) is 1.59. The monoisotopic (exact) mass is 189 g/mol. The van der Waals surface area contributed by atoms with Crippen molar-refractivity contribution in [2.75, 3.05) is 5.73 Å². The van der Waals surface area contributed by atoms with E-state index in [0.29, 0.717) is 0 Å². The molecule has 0 fully saturated rings. The van der Waals surface area contributed by atoms with Crippen LogP contribution in [0.5, 0.6) is 0 Å². The number of hydrogen-bond acceptors (Lipinski definition) is 2. The van der Waals surface area contributed by atoms with E-state index in [1.165, 1.54) is 0 Å². The first kappa shape index (κ1) is 9.06. The molecule has 1 aromatic heterocycles. The summed E-state index contributed by atoms with van der Waals surface area (Å²) in [5.41, 5.74) is 7.63. The van der Waals surface area contributed by atoms with E-state index in [2.05, 4.69) is 25.9 Å². The van der Waals surface area contributed by atoms with Gasteiger partial charge in [0.1, 0.15) is 0 Å². The summed E-state index contributed by atoms with van der Waals surface area (Å²) in [5.74, 6) is 0. The topological polar surface area (TPSA) is 43.8 Å². The fourth-order valence-electron chi connectivity index (χ4n) is 1.59. The first-order chi connectivity index (χ1) is 6.48. The number of hydrogen-bond donors (Lipinski definition) is 1. The van der Waals surface area contributed by atoms with E-state index in [9.17, 15) is 0 Å². The summed E-state index contributed by atoms with van der Waals surface area (Å²) >= 11 is 0. The molecule has 2 aromatic rings. The van der Waals surface area contributed by atoms with E-state index in [0.717, 1.165) is 16.6 Å². The Bertz CT molecular complexity index is 463. The maximum Gasteiger partial charge on any atom is 0.0690 e. The molecule has 2 rings (SSSR count). The normalized spacial score (nSPS) is 12.2. The smallest absolute Gasteiger partial charge is 0.0690 e. The van der Waals surface area contributed by atoms with Gasteiger partial charge in [0, 0.05) is 11.1 Å². The zero-order chi connectivity index (χ0) is 10.3. The largest absolute Gasteiger partial charge is 0.399 e. The average molecular weight is 189 g/mol. The summed E-state index contributed by atoms with van der Waals surface area (Å²) in [4.78, 5) is 0. The Labute approximate surface area is 83.5 Å². The highest BCUT2D eigenvalue weighted by molar-refractivity contribution is 5.82. The molecule has 0 aliphatic rings. The van der Waals surface area contributed by atoms with Gasteiger partial charge in [-0.25, -0.2) is 0 Å². The molecule has 0 atom stereocenters. The Morgan fingerprint density at radius 1 is 1.29 bits per heavy atom. The number of nitrogens with two attached hydrogens (primary N) is 1. The Kier molecular flexibility index (Phi) is 1.77. The highest BCUT2D eigenvalue weighted by atomic mass is 15.3. The fraction of sp³-hybridized carbons (Fsp3) is 0.364. The van der Waals surface area contributed by atoms with Gasteiger partial charge < -0.3 is 5.73 Å². The van der Waals surface area contributed by atoms with E-state index in [4.69, 9.17) is 5.73 Å². The van der Waals surface area contributed by atoms with Crippen LogP contribution in [0, 0.1) is 0 Å². The van der Waals surface area contributed by atoms with Crippen molar-refractivity contribution < 1.29 is 0 Å². The molecule has 0 saturated carbocycles. The standard InChI is InChI=1S/C11H15N3/c1-11(2,3)14-10-5-4-9(12)6-8(10)7-13-14/h4-7H,12H2,1-3H3. The van der Waals surface area contributed by atoms with Crippen LogP contribution in [-0.4, -0.2) is 9.78 Å². The van der Waals surface area contributed by atoms with Crippen molar-refractivity contribution in [3.8, 4) is 0 Å². The number of benzene rings is 1. The summed E-state index contributed by atoms with van der Waals surface area (Å²) in [6.07, 6.45) is 1.86. The Hall–Kier alpha value is -1.51. The Balaban J connectivity index is 2.70. The van der Waals surface area contributed by atoms with Gasteiger partial charge in [0.25, 0.3) is 0 Å². The van der Waals surface area contributed by atoms with Crippen LogP contribution in [0.15, 0.2) is 24.4 Å². The molecule has 0 spiro atoms. The van der Waals surface area contributed by atoms with Crippen LogP contribution < -0.4 is 5.73 Å². The molecule has 1 heterocycles. The zero-order valence-corrected chi connectivity index (χ0v) is 8.78. The predicted octanol–water partition coefficient (Wildman–Crippen LogP) is 2.37. The number of nitrogens with zero attached hydrogens (tertiary/aromatic N) is 2. The van der Waals surface area contributed by atoms with Crippen molar-refractivity contribution in [1.29, 1.82) is 0 Å². The number of nitrogen functional groups attached to an aromatic ring is 1. The highest BCUT2D eigenvalue weighted by Gasteiger charge is 2.16. The SMILES string of the molecule is CC(C)(C)n1ncc2cc(N)ccc21. The molecule has 3 heteroatoms. The molecule has 0 aliphatic heterocycles. The molecule has 3 nitrogen and oxygen atoms in total. The van der Waals surface area contributed by atoms with Crippen LogP contribution in [-0.2, 0) is 5.54 Å². The number of aromatic nitrogens is 2. The van der Waals surface area contributed by atoms with E-state index in [1.54, 1.807) is 0 Å². The summed E-state index contributed by atoms with van der Waals surface area (Å²) in [5, 5.41) is 5.47. The number of anilines is 1. The Morgan fingerprint density at radius 3 is 2.64 bits per heavy atom. The lowest BCUT2D eigenvalue weighted by molar-refractivity contribution is 0.368. The molecular weight excluding hydrogens is 174 g/mol. The van der Waals surface area contributed by atoms with Crippen molar-refractivity contribution in [3.05, 3.63) is 24.4 Å². The molecule has 0 aliphatic carbocycles. The molecular formula is C11H15N3. The summed E-state index contributed by atoms with van der Waals surface area (Å²) < 4.78 is 2.02. The summed E-state index contributed by atoms with van der Waals surface area (Å²) in [6.45, 7) is 6.40. The van der Waals surface area contributed by atoms with E-state index >= 15 is 0 Å². The van der Waals surface area contributed by atoms with Gasteiger partial charge in [-0.2, -0.15) is 5.10 Å². The van der Waals surface area contributed by atoms with Gasteiger partial charge in [-0.15, -0.1) is 0 Å². The molecule has 0 bridgehead atoms. The maximum atomic E-state index is 5.71. The van der Waals surface area contributed by atoms with Crippen LogP contribution in [0.4, 0.5) is 5.69 Å². The van der Waals surface area contributed by atoms with Crippen molar-refractivity contribution >= 4 is 16.6 Å². The lowest BCUT2D eigenvalue weighted by Crippen LogP contribution is -2.22. The van der Waals surface area contributed by atoms with Gasteiger partial charge >= 0.3 is 0 Å². The average Bonchev–Trinajstić information content (AvgIpc) is 2.45. The minimum absolute atomic E-state index is 0.0118. The van der Waals surface area contributed by atoms with Crippen molar-refractivity contribution in [2.24, 2.45) is 0 Å². The van der Waals surface area contributed by atoms with Crippen molar-refractivity contribution in [1.82, 2.24) is 9.78 Å². The molecule has 1 aromatic carbocycles. The van der Waals surface area contributed by atoms with E-state index in [-0.39, 0.29) is 5.54 Å². The van der Waals surface area contributed by atoms with Crippen LogP contribution in [0.3, 0.4) is 0 Å². The van der Waals surface area contributed by atoms with Crippen LogP contribution in [0.2, 0.25) is 0 Å². The van der Waals surface area contributed by atoms with E-state index in [1.807, 2.05) is 29.1 Å². The third-order valence-corrected chi connectivity index (χ3v) is 2.23. The molecule has 74 valence electrons. The Morgan fingerprint density at radius 2 is 2.00 bits per heavy atom. The van der Waals surface area contributed by atoms with Gasteiger partial charge in [-0.3, -0.25) is 4.68 Å². The lowest BCUT2D eigenvalue weighted by Gasteiger charge is -2.20. The van der Waals surface area contributed by atoms with Crippen molar-refractivity contribution in [2.45, 2.75) is 26.3 Å². The first-order valence-electron chi connectivity index (χ1n) is 4.72. The second kappa shape index (κ2) is 2.74. The number of rotatable bonds is 0. The lowest BCUT2D eigenvalue weighted by atomic mass is 10.1. The predicted molar refractivity (Wildman–Crippen MR) is 59.1 cm³/mol. The quantitative estimate of drug-likeness (QED) is 0.646. The second-order valence-corrected chi connectivity index (χ2v) is 4.55. The van der Waals surface area contributed by atoms with Crippen LogP contribution in [0.1, 0.15) is 20.8 Å². The molecule has 0 saturated heterocycles. The molecule has 2 N–H and O–H groups in total. The summed E-state index contributed by atoms with van der Waals surface area (Å²) in [6, 6.07) is 5.87. The van der Waals surface area contributed by atoms with Gasteiger partial charge in [0.05, 0.1) is 17.3 Å². The molecule has 14 heavy (non-hydrogen) atoms. The third kappa shape index (κ3) is 1.35. The molecule has 0 radical (unpaired) electrons. The third-order valence-electron chi connectivity index (χ3n) is 2.23. The van der Waals surface area contributed by atoms with Gasteiger partial charge in [-0.1, -0.05) is 0 Å². The van der Waals surface area contributed by atoms with Gasteiger partial charge in [-0.05, 0) is 39.0 Å². The highest BCUT2D eigenvalue weighted by Crippen LogP contribution is 2.22. The number of fused-ring (bicyclic) bond motifs is 1. The van der Waals surface area contributed by atoms with Crippen LogP contribution >= 0.6 is 0 Å². The first-order valence-corrected chi connectivity index (χ1v) is 4.72. The molecule has 0 unspecified atom stereocenters. The minimum atomic E-state index is 0.0118. The zero-order valence-electron chi connectivity index (χ0n) is 8.78. The van der Waals surface area contributed by atoms with Gasteiger partial charge in [0.15, 0.2) is 0 Å². The second-order valence-electron chi connectivity index (χ2n) is 4.55. The minimum Gasteiger partial charge on any atom is -0.399 e. The molecule has 0 amide bonds. The maximum absolute atomic E-state index is 5.71. The van der Waals surface area contributed by atoms with Crippen molar-refractivity contribution in [3.63, 3.8) is 0 Å². The summed E-state index contributed by atoms with van der Waals surface area (Å²) in [7, 11) is 0. The van der Waals surface area contributed by atoms with Gasteiger partial charge in [0.2, 0.25) is 0 Å². The van der Waals surface area contributed by atoms with E-state index < -0.39 is 0 Å². The van der Waals surface area contributed by atoms with Crippen LogP contribution in [0.25, 0.3) is 10.9 Å².